The van der Waals surface area contributed by atoms with Crippen LogP contribution in [0.1, 0.15) is 367 Å². The van der Waals surface area contributed by atoms with Crippen LogP contribution in [0.15, 0.2) is 36.5 Å². The summed E-state index contributed by atoms with van der Waals surface area (Å²) in [5.41, 5.74) is 0. The number of carbonyl (C=O) groups is 2. The lowest BCUT2D eigenvalue weighted by molar-refractivity contribution is -0.123. The fourth-order valence-electron chi connectivity index (χ4n) is 10.5. The Kier molecular flexibility index (Phi) is 61.3. The Labute approximate surface area is 457 Å². The molecule has 0 aliphatic heterocycles. The third kappa shape index (κ3) is 59.4. The van der Waals surface area contributed by atoms with E-state index in [9.17, 15) is 19.8 Å². The Morgan fingerprint density at radius 2 is 0.603 bits per heavy atom. The van der Waals surface area contributed by atoms with Crippen LogP contribution >= 0.6 is 0 Å². The van der Waals surface area contributed by atoms with Gasteiger partial charge in [-0.05, 0) is 64.2 Å². The number of aliphatic hydroxyl groups is 2. The zero-order chi connectivity index (χ0) is 52.9. The highest BCUT2D eigenvalue weighted by Gasteiger charge is 2.18. The van der Waals surface area contributed by atoms with E-state index in [1.54, 1.807) is 6.08 Å². The first kappa shape index (κ1) is 71.3. The van der Waals surface area contributed by atoms with Gasteiger partial charge in [0, 0.05) is 19.3 Å². The van der Waals surface area contributed by atoms with Gasteiger partial charge < -0.3 is 15.5 Å². The van der Waals surface area contributed by atoms with E-state index in [4.69, 9.17) is 0 Å². The molecule has 1 amide bonds. The fraction of sp³-hybridized carbons (Fsp3) is 0.882. The zero-order valence-electron chi connectivity index (χ0n) is 49.4. The summed E-state index contributed by atoms with van der Waals surface area (Å²) in [6, 6.07) is -0.624. The second kappa shape index (κ2) is 62.8. The average molecular weight is 1020 g/mol. The summed E-state index contributed by atoms with van der Waals surface area (Å²) in [4.78, 5) is 24.8. The molecule has 0 aliphatic carbocycles. The maximum absolute atomic E-state index is 12.5. The van der Waals surface area contributed by atoms with Crippen molar-refractivity contribution >= 4 is 11.7 Å². The fourth-order valence-corrected chi connectivity index (χ4v) is 10.5. The Hall–Kier alpha value is -1.72. The van der Waals surface area contributed by atoms with Crippen molar-refractivity contribution in [1.29, 1.82) is 0 Å². The number of ketones is 1. The van der Waals surface area contributed by atoms with Crippen LogP contribution in [0.2, 0.25) is 0 Å². The predicted octanol–water partition coefficient (Wildman–Crippen LogP) is 21.6. The van der Waals surface area contributed by atoms with Gasteiger partial charge in [0.25, 0.3) is 0 Å². The smallest absolute Gasteiger partial charge is 0.220 e. The first-order chi connectivity index (χ1) is 36.0. The van der Waals surface area contributed by atoms with Crippen molar-refractivity contribution in [3.8, 4) is 0 Å². The normalized spacial score (nSPS) is 12.8. The summed E-state index contributed by atoms with van der Waals surface area (Å²) in [7, 11) is 0. The first-order valence-corrected chi connectivity index (χ1v) is 33.1. The summed E-state index contributed by atoms with van der Waals surface area (Å²) >= 11 is 0. The van der Waals surface area contributed by atoms with Crippen LogP contribution < -0.4 is 5.32 Å². The van der Waals surface area contributed by atoms with E-state index in [0.717, 1.165) is 57.8 Å². The van der Waals surface area contributed by atoms with Gasteiger partial charge in [0.2, 0.25) is 5.91 Å². The molecule has 0 saturated carbocycles. The molecule has 0 rings (SSSR count). The molecule has 0 unspecified atom stereocenters. The second-order valence-electron chi connectivity index (χ2n) is 22.9. The Morgan fingerprint density at radius 1 is 0.342 bits per heavy atom. The molecule has 0 aromatic carbocycles. The number of amides is 1. The Morgan fingerprint density at radius 3 is 0.932 bits per heavy atom. The van der Waals surface area contributed by atoms with E-state index < -0.39 is 12.1 Å². The lowest BCUT2D eigenvalue weighted by Crippen LogP contribution is -2.45. The average Bonchev–Trinajstić information content (AvgIpc) is 3.39. The van der Waals surface area contributed by atoms with Gasteiger partial charge in [-0.3, -0.25) is 9.59 Å². The number of carbonyl (C=O) groups excluding carboxylic acids is 2. The molecule has 0 aromatic heterocycles. The van der Waals surface area contributed by atoms with Crippen molar-refractivity contribution in [1.82, 2.24) is 5.32 Å². The highest BCUT2D eigenvalue weighted by molar-refractivity contribution is 5.78. The molecule has 0 spiro atoms. The van der Waals surface area contributed by atoms with E-state index in [0.29, 0.717) is 12.2 Å². The largest absolute Gasteiger partial charge is 0.394 e. The van der Waals surface area contributed by atoms with E-state index in [1.165, 1.54) is 289 Å². The molecule has 0 saturated heterocycles. The van der Waals surface area contributed by atoms with Gasteiger partial charge in [0.05, 0.1) is 18.8 Å². The summed E-state index contributed by atoms with van der Waals surface area (Å²) < 4.78 is 0. The molecule has 0 radical (unpaired) electrons. The van der Waals surface area contributed by atoms with Crippen molar-refractivity contribution < 1.29 is 19.8 Å². The molecule has 0 aromatic rings. The number of rotatable bonds is 62. The van der Waals surface area contributed by atoms with E-state index in [-0.39, 0.29) is 12.5 Å². The summed E-state index contributed by atoms with van der Waals surface area (Å²) in [6.45, 7) is 4.29. The van der Waals surface area contributed by atoms with Crippen molar-refractivity contribution in [2.24, 2.45) is 0 Å². The molecule has 430 valence electrons. The number of hydrogen-bond donors (Lipinski definition) is 3. The molecule has 73 heavy (non-hydrogen) atoms. The van der Waals surface area contributed by atoms with Crippen molar-refractivity contribution in [3.05, 3.63) is 36.5 Å². The van der Waals surface area contributed by atoms with E-state index in [2.05, 4.69) is 43.5 Å². The van der Waals surface area contributed by atoms with Gasteiger partial charge in [0.15, 0.2) is 0 Å². The summed E-state index contributed by atoms with van der Waals surface area (Å²) in [5.74, 6) is 0.441. The molecular weight excluding hydrogens is 895 g/mol. The van der Waals surface area contributed by atoms with Crippen LogP contribution in [-0.4, -0.2) is 40.7 Å². The topological polar surface area (TPSA) is 86.6 Å². The minimum atomic E-state index is -0.841. The van der Waals surface area contributed by atoms with Gasteiger partial charge in [-0.25, -0.2) is 0 Å². The molecular formula is C68H129NO4. The number of allylic oxidation sites excluding steroid dienone is 5. The highest BCUT2D eigenvalue weighted by Crippen LogP contribution is 2.18. The van der Waals surface area contributed by atoms with Gasteiger partial charge in [-0.2, -0.15) is 0 Å². The van der Waals surface area contributed by atoms with Gasteiger partial charge in [-0.15, -0.1) is 0 Å². The minimum Gasteiger partial charge on any atom is -0.394 e. The van der Waals surface area contributed by atoms with Crippen molar-refractivity contribution in [2.75, 3.05) is 6.61 Å². The number of Topliss-reactive ketones (excluding diaryl/α,β-unsaturated/α-hetero) is 1. The zero-order valence-corrected chi connectivity index (χ0v) is 49.4. The third-order valence-corrected chi connectivity index (χ3v) is 15.5. The number of aliphatic hydroxyl groups excluding tert-OH is 2. The standard InChI is InChI=1S/C68H129NO4/c1-3-5-7-9-11-13-15-17-32-36-40-44-48-52-56-60-65(71)61-57-53-49-45-41-37-34-30-28-26-24-22-20-19-21-23-25-27-29-31-35-39-43-47-51-55-59-63-68(73)69-66(64-70)67(72)62-58-54-50-46-42-38-33-18-16-14-12-10-8-6-4-2/h11,13,17,32,58,62,66-67,70,72H,3-10,12,14-16,18-31,33-57,59-61,63-64H2,1-2H3,(H,69,73)/b13-11-,32-17-,62-58+/t66-,67+/m0/s1. The Balaban J connectivity index is 3.37. The number of nitrogens with one attached hydrogen (secondary N) is 1. The van der Waals surface area contributed by atoms with Crippen LogP contribution in [0.5, 0.6) is 0 Å². The van der Waals surface area contributed by atoms with Crippen LogP contribution in [0.3, 0.4) is 0 Å². The van der Waals surface area contributed by atoms with Gasteiger partial charge >= 0.3 is 0 Å². The molecule has 0 bridgehead atoms. The van der Waals surface area contributed by atoms with Gasteiger partial charge in [-0.1, -0.05) is 320 Å². The van der Waals surface area contributed by atoms with Crippen molar-refractivity contribution in [2.45, 2.75) is 379 Å². The van der Waals surface area contributed by atoms with E-state index in [1.807, 2.05) is 6.08 Å². The molecule has 2 atom stereocenters. The maximum Gasteiger partial charge on any atom is 0.220 e. The second-order valence-corrected chi connectivity index (χ2v) is 22.9. The molecule has 0 fully saturated rings. The molecule has 0 aliphatic rings. The lowest BCUT2D eigenvalue weighted by atomic mass is 10.0. The lowest BCUT2D eigenvalue weighted by Gasteiger charge is -2.20. The summed E-state index contributed by atoms with van der Waals surface area (Å²) in [6.07, 6.45) is 82.5. The predicted molar refractivity (Wildman–Crippen MR) is 323 cm³/mol. The molecule has 5 nitrogen and oxygen atoms in total. The third-order valence-electron chi connectivity index (χ3n) is 15.5. The number of unbranched alkanes of at least 4 members (excludes halogenated alkanes) is 47. The molecule has 3 N–H and O–H groups in total. The first-order valence-electron chi connectivity index (χ1n) is 33.1. The molecule has 5 heteroatoms. The maximum atomic E-state index is 12.5. The quantitative estimate of drug-likeness (QED) is 0.0418. The summed E-state index contributed by atoms with van der Waals surface area (Å²) in [5, 5.41) is 23.2. The SMILES string of the molecule is CCCCC/C=C\C/C=C\CCCCCCCC(=O)CCCCCCCCCCCCCCCCCCCCCCCCCCCCCC(=O)N[C@@H](CO)[C@H](O)/C=C/CCCCCCCCCCCCCCC. The van der Waals surface area contributed by atoms with Crippen molar-refractivity contribution in [3.63, 3.8) is 0 Å². The van der Waals surface area contributed by atoms with Crippen LogP contribution in [-0.2, 0) is 9.59 Å². The Bertz CT molecular complexity index is 1180. The number of hydrogen-bond acceptors (Lipinski definition) is 4. The highest BCUT2D eigenvalue weighted by atomic mass is 16.3. The monoisotopic (exact) mass is 1020 g/mol. The van der Waals surface area contributed by atoms with Crippen LogP contribution in [0.25, 0.3) is 0 Å². The van der Waals surface area contributed by atoms with Crippen LogP contribution in [0.4, 0.5) is 0 Å². The molecule has 0 heterocycles. The minimum absolute atomic E-state index is 0.0620. The van der Waals surface area contributed by atoms with Gasteiger partial charge in [0.1, 0.15) is 5.78 Å². The van der Waals surface area contributed by atoms with E-state index >= 15 is 0 Å². The van der Waals surface area contributed by atoms with Crippen LogP contribution in [0, 0.1) is 0 Å².